The molecule has 3 aromatic rings. The van der Waals surface area contributed by atoms with Gasteiger partial charge in [-0.05, 0) is 67.3 Å². The summed E-state index contributed by atoms with van der Waals surface area (Å²) in [4.78, 5) is 24.3. The van der Waals surface area contributed by atoms with Crippen molar-refractivity contribution in [2.45, 2.75) is 37.9 Å². The lowest BCUT2D eigenvalue weighted by atomic mass is 9.65. The molecule has 3 fully saturated rings. The molecule has 2 aromatic heterocycles. The van der Waals surface area contributed by atoms with Gasteiger partial charge >= 0.3 is 6.18 Å². The number of nitrogens with zero attached hydrogens (tertiary/aromatic N) is 3. The topological polar surface area (TPSA) is 79.8 Å². The minimum absolute atomic E-state index is 0.135. The number of carbonyl (C=O) groups is 1. The number of halogens is 3. The van der Waals surface area contributed by atoms with E-state index in [0.717, 1.165) is 49.2 Å². The van der Waals surface area contributed by atoms with Gasteiger partial charge in [0, 0.05) is 30.3 Å². The molecule has 0 aliphatic heterocycles. The molecule has 6 nitrogen and oxygen atoms in total. The number of hydrogen-bond acceptors (Lipinski definition) is 5. The number of amides is 1. The number of allylic oxidation sites excluding steroid dienone is 1. The summed E-state index contributed by atoms with van der Waals surface area (Å²) in [6.45, 7) is 0. The Bertz CT molecular complexity index is 1230. The van der Waals surface area contributed by atoms with Crippen LogP contribution < -0.4 is 10.6 Å². The number of nitrogens with one attached hydrogen (secondary N) is 2. The first-order valence-electron chi connectivity index (χ1n) is 11.5. The molecule has 9 heteroatoms. The predicted molar refractivity (Wildman–Crippen MR) is 126 cm³/mol. The van der Waals surface area contributed by atoms with E-state index in [1.165, 1.54) is 30.4 Å². The van der Waals surface area contributed by atoms with Gasteiger partial charge < -0.3 is 10.6 Å². The van der Waals surface area contributed by atoms with Crippen molar-refractivity contribution >= 4 is 23.5 Å². The van der Waals surface area contributed by atoms with Gasteiger partial charge in [0.15, 0.2) is 0 Å². The highest BCUT2D eigenvalue weighted by molar-refractivity contribution is 5.93. The average Bonchev–Trinajstić information content (AvgIpc) is 2.85. The SMILES string of the molecule is O=C(NC1CC2CCC1C/C2=C\c1cccc(Nc2ccc(C(F)(F)F)cn2)c1)c1cncnc1. The molecule has 2 heterocycles. The zero-order valence-electron chi connectivity index (χ0n) is 18.8. The molecule has 0 saturated heterocycles. The highest BCUT2D eigenvalue weighted by Gasteiger charge is 2.39. The summed E-state index contributed by atoms with van der Waals surface area (Å²) in [5, 5.41) is 6.24. The summed E-state index contributed by atoms with van der Waals surface area (Å²) in [7, 11) is 0. The van der Waals surface area contributed by atoms with E-state index in [-0.39, 0.29) is 11.9 Å². The van der Waals surface area contributed by atoms with E-state index in [4.69, 9.17) is 0 Å². The Labute approximate surface area is 200 Å². The molecule has 3 atom stereocenters. The Balaban J connectivity index is 1.25. The average molecular weight is 480 g/mol. The molecule has 180 valence electrons. The van der Waals surface area contributed by atoms with Gasteiger partial charge in [0.2, 0.25) is 0 Å². The zero-order chi connectivity index (χ0) is 24.4. The fraction of sp³-hybridized carbons (Fsp3) is 0.308. The van der Waals surface area contributed by atoms with E-state index in [1.807, 2.05) is 24.3 Å². The molecule has 3 saturated carbocycles. The second kappa shape index (κ2) is 9.48. The number of benzene rings is 1. The van der Waals surface area contributed by atoms with Crippen LogP contribution in [0.15, 0.2) is 66.9 Å². The highest BCUT2D eigenvalue weighted by Crippen LogP contribution is 2.45. The highest BCUT2D eigenvalue weighted by atomic mass is 19.4. The van der Waals surface area contributed by atoms with Crippen molar-refractivity contribution in [2.75, 3.05) is 5.32 Å². The largest absolute Gasteiger partial charge is 0.417 e. The van der Waals surface area contributed by atoms with Crippen molar-refractivity contribution in [1.29, 1.82) is 0 Å². The summed E-state index contributed by atoms with van der Waals surface area (Å²) in [5.74, 6) is 1.01. The Hall–Kier alpha value is -3.75. The molecule has 35 heavy (non-hydrogen) atoms. The van der Waals surface area contributed by atoms with Crippen molar-refractivity contribution in [3.8, 4) is 0 Å². The normalized spacial score (nSPS) is 22.7. The number of rotatable bonds is 5. The van der Waals surface area contributed by atoms with E-state index < -0.39 is 11.7 Å². The molecule has 6 rings (SSSR count). The first kappa shape index (κ1) is 23.0. The lowest BCUT2D eigenvalue weighted by molar-refractivity contribution is -0.137. The number of pyridine rings is 1. The van der Waals surface area contributed by atoms with Crippen LogP contribution in [0.3, 0.4) is 0 Å². The van der Waals surface area contributed by atoms with Crippen molar-refractivity contribution in [2.24, 2.45) is 11.8 Å². The predicted octanol–water partition coefficient (Wildman–Crippen LogP) is 5.64. The van der Waals surface area contributed by atoms with E-state index >= 15 is 0 Å². The first-order valence-corrected chi connectivity index (χ1v) is 11.5. The molecule has 2 N–H and O–H groups in total. The van der Waals surface area contributed by atoms with Gasteiger partial charge in [-0.15, -0.1) is 0 Å². The smallest absolute Gasteiger partial charge is 0.349 e. The molecule has 0 spiro atoms. The summed E-state index contributed by atoms with van der Waals surface area (Å²) in [6, 6.07) is 10.2. The van der Waals surface area contributed by atoms with Gasteiger partial charge in [-0.2, -0.15) is 13.2 Å². The maximum atomic E-state index is 12.8. The van der Waals surface area contributed by atoms with Gasteiger partial charge in [0.25, 0.3) is 5.91 Å². The van der Waals surface area contributed by atoms with E-state index in [0.29, 0.717) is 23.2 Å². The Morgan fingerprint density at radius 3 is 2.57 bits per heavy atom. The van der Waals surface area contributed by atoms with Gasteiger partial charge in [0.1, 0.15) is 12.1 Å². The van der Waals surface area contributed by atoms with Crippen LogP contribution in [0.25, 0.3) is 6.08 Å². The van der Waals surface area contributed by atoms with Crippen LogP contribution in [0, 0.1) is 11.8 Å². The number of carbonyl (C=O) groups excluding carboxylic acids is 1. The molecule has 1 amide bonds. The summed E-state index contributed by atoms with van der Waals surface area (Å²) in [6.07, 6.45) is 7.09. The fourth-order valence-corrected chi connectivity index (χ4v) is 5.01. The lowest BCUT2D eigenvalue weighted by Gasteiger charge is -2.44. The second-order valence-corrected chi connectivity index (χ2v) is 9.08. The second-order valence-electron chi connectivity index (χ2n) is 9.08. The molecule has 3 aliphatic rings. The fourth-order valence-electron chi connectivity index (χ4n) is 5.01. The van der Waals surface area contributed by atoms with E-state index in [1.54, 1.807) is 0 Å². The third kappa shape index (κ3) is 5.34. The van der Waals surface area contributed by atoms with Crippen molar-refractivity contribution in [1.82, 2.24) is 20.3 Å². The number of hydrogen-bond donors (Lipinski definition) is 2. The summed E-state index contributed by atoms with van der Waals surface area (Å²) in [5.41, 5.74) is 2.84. The van der Waals surface area contributed by atoms with Crippen LogP contribution in [0.4, 0.5) is 24.7 Å². The Kier molecular flexibility index (Phi) is 6.23. The lowest BCUT2D eigenvalue weighted by Crippen LogP contribution is -2.47. The summed E-state index contributed by atoms with van der Waals surface area (Å²) < 4.78 is 38.3. The molecule has 3 aliphatic carbocycles. The monoisotopic (exact) mass is 479 g/mol. The van der Waals surface area contributed by atoms with Crippen LogP contribution in [-0.4, -0.2) is 26.9 Å². The molecule has 1 aromatic carbocycles. The third-order valence-corrected chi connectivity index (χ3v) is 6.76. The Morgan fingerprint density at radius 2 is 1.89 bits per heavy atom. The van der Waals surface area contributed by atoms with E-state index in [9.17, 15) is 18.0 Å². The molecule has 3 unspecified atom stereocenters. The van der Waals surface area contributed by atoms with Crippen LogP contribution in [-0.2, 0) is 6.18 Å². The van der Waals surface area contributed by atoms with Gasteiger partial charge in [-0.1, -0.05) is 23.8 Å². The van der Waals surface area contributed by atoms with Crippen molar-refractivity contribution < 1.29 is 18.0 Å². The van der Waals surface area contributed by atoms with Crippen molar-refractivity contribution in [3.05, 3.63) is 83.6 Å². The molecular formula is C26H24F3N5O. The third-order valence-electron chi connectivity index (χ3n) is 6.76. The van der Waals surface area contributed by atoms with Crippen LogP contribution >= 0.6 is 0 Å². The Morgan fingerprint density at radius 1 is 1.06 bits per heavy atom. The maximum Gasteiger partial charge on any atom is 0.417 e. The van der Waals surface area contributed by atoms with Crippen LogP contribution in [0.2, 0.25) is 0 Å². The first-order chi connectivity index (χ1) is 16.8. The standard InChI is InChI=1S/C26H24F3N5O/c27-26(28,29)21-6-7-24(32-14-21)33-22-3-1-2-16(9-22)8-19-10-18-5-4-17(19)11-23(18)34-25(35)20-12-30-15-31-13-20/h1-3,6-9,12-15,17-18,23H,4-5,10-11H2,(H,32,33)(H,34,35)/b19-8+. The van der Waals surface area contributed by atoms with Crippen molar-refractivity contribution in [3.63, 3.8) is 0 Å². The summed E-state index contributed by atoms with van der Waals surface area (Å²) >= 11 is 0. The number of alkyl halides is 3. The van der Waals surface area contributed by atoms with Gasteiger partial charge in [-0.25, -0.2) is 15.0 Å². The zero-order valence-corrected chi connectivity index (χ0v) is 18.8. The number of anilines is 2. The number of aromatic nitrogens is 3. The van der Waals surface area contributed by atoms with Crippen LogP contribution in [0.5, 0.6) is 0 Å². The minimum Gasteiger partial charge on any atom is -0.349 e. The van der Waals surface area contributed by atoms with E-state index in [2.05, 4.69) is 31.7 Å². The minimum atomic E-state index is -4.41. The molecule has 0 radical (unpaired) electrons. The molecule has 2 bridgehead atoms. The maximum absolute atomic E-state index is 12.8. The molecular weight excluding hydrogens is 455 g/mol. The van der Waals surface area contributed by atoms with Crippen LogP contribution in [0.1, 0.15) is 47.2 Å². The quantitative estimate of drug-likeness (QED) is 0.495. The van der Waals surface area contributed by atoms with Gasteiger partial charge in [-0.3, -0.25) is 4.79 Å². The number of fused-ring (bicyclic) bond motifs is 3. The van der Waals surface area contributed by atoms with Gasteiger partial charge in [0.05, 0.1) is 11.1 Å².